The zero-order chi connectivity index (χ0) is 12.3. The van der Waals surface area contributed by atoms with E-state index in [1.807, 2.05) is 0 Å². The number of aromatic nitrogens is 2. The first-order valence-electron chi connectivity index (χ1n) is 6.58. The highest BCUT2D eigenvalue weighted by molar-refractivity contribution is 5.84. The van der Waals surface area contributed by atoms with Crippen LogP contribution in [0.2, 0.25) is 0 Å². The van der Waals surface area contributed by atoms with E-state index >= 15 is 0 Å². The number of hydrogen-bond donors (Lipinski definition) is 0. The van der Waals surface area contributed by atoms with Crippen molar-refractivity contribution < 1.29 is 9.32 Å². The van der Waals surface area contributed by atoms with Crippen LogP contribution in [-0.2, 0) is 4.79 Å². The molecule has 2 atom stereocenters. The zero-order valence-corrected chi connectivity index (χ0v) is 10.6. The summed E-state index contributed by atoms with van der Waals surface area (Å²) in [6.07, 6.45) is 5.72. The summed E-state index contributed by atoms with van der Waals surface area (Å²) >= 11 is 0. The van der Waals surface area contributed by atoms with E-state index in [0.717, 1.165) is 37.9 Å². The van der Waals surface area contributed by atoms with E-state index in [1.165, 1.54) is 0 Å². The fourth-order valence-corrected chi connectivity index (χ4v) is 2.19. The topological polar surface area (TPSA) is 56.0 Å². The SMILES string of the molecule is CCC(C)c1noc(C2CCCCCC2=O)n1. The van der Waals surface area contributed by atoms with Crippen molar-refractivity contribution in [3.8, 4) is 0 Å². The number of carbonyl (C=O) groups excluding carboxylic acids is 1. The fourth-order valence-electron chi connectivity index (χ4n) is 2.19. The monoisotopic (exact) mass is 236 g/mol. The van der Waals surface area contributed by atoms with E-state index in [-0.39, 0.29) is 11.7 Å². The second kappa shape index (κ2) is 5.43. The first kappa shape index (κ1) is 12.3. The van der Waals surface area contributed by atoms with Crippen molar-refractivity contribution in [1.82, 2.24) is 10.1 Å². The Morgan fingerprint density at radius 3 is 3.00 bits per heavy atom. The molecule has 0 aromatic carbocycles. The van der Waals surface area contributed by atoms with Gasteiger partial charge in [0.2, 0.25) is 5.89 Å². The minimum absolute atomic E-state index is 0.150. The van der Waals surface area contributed by atoms with Crippen molar-refractivity contribution >= 4 is 5.78 Å². The number of rotatable bonds is 3. The van der Waals surface area contributed by atoms with Crippen molar-refractivity contribution in [2.75, 3.05) is 0 Å². The molecule has 1 aromatic rings. The number of nitrogens with zero attached hydrogens (tertiary/aromatic N) is 2. The molecule has 1 saturated carbocycles. The van der Waals surface area contributed by atoms with Gasteiger partial charge in [0.05, 0.1) is 5.92 Å². The van der Waals surface area contributed by atoms with Crippen LogP contribution in [-0.4, -0.2) is 15.9 Å². The molecular weight excluding hydrogens is 216 g/mol. The van der Waals surface area contributed by atoms with Crippen LogP contribution in [0.5, 0.6) is 0 Å². The van der Waals surface area contributed by atoms with Gasteiger partial charge >= 0.3 is 0 Å². The summed E-state index contributed by atoms with van der Waals surface area (Å²) in [5, 5.41) is 3.99. The Labute approximate surface area is 102 Å². The van der Waals surface area contributed by atoms with E-state index in [1.54, 1.807) is 0 Å². The summed E-state index contributed by atoms with van der Waals surface area (Å²) < 4.78 is 5.27. The minimum Gasteiger partial charge on any atom is -0.339 e. The second-order valence-electron chi connectivity index (χ2n) is 4.92. The Morgan fingerprint density at radius 1 is 1.41 bits per heavy atom. The first-order valence-corrected chi connectivity index (χ1v) is 6.58. The zero-order valence-electron chi connectivity index (χ0n) is 10.6. The van der Waals surface area contributed by atoms with Crippen molar-refractivity contribution in [3.05, 3.63) is 11.7 Å². The molecule has 17 heavy (non-hydrogen) atoms. The lowest BCUT2D eigenvalue weighted by Crippen LogP contribution is -2.11. The van der Waals surface area contributed by atoms with Gasteiger partial charge in [0.15, 0.2) is 5.82 Å². The summed E-state index contributed by atoms with van der Waals surface area (Å²) in [6.45, 7) is 4.17. The van der Waals surface area contributed by atoms with Crippen LogP contribution in [0.15, 0.2) is 4.52 Å². The van der Waals surface area contributed by atoms with Gasteiger partial charge in [-0.1, -0.05) is 31.8 Å². The highest BCUT2D eigenvalue weighted by Gasteiger charge is 2.28. The maximum absolute atomic E-state index is 11.9. The Morgan fingerprint density at radius 2 is 2.24 bits per heavy atom. The maximum atomic E-state index is 11.9. The largest absolute Gasteiger partial charge is 0.339 e. The second-order valence-corrected chi connectivity index (χ2v) is 4.92. The van der Waals surface area contributed by atoms with Crippen LogP contribution in [0.25, 0.3) is 0 Å². The Balaban J connectivity index is 2.15. The molecule has 0 saturated heterocycles. The number of hydrogen-bond acceptors (Lipinski definition) is 4. The van der Waals surface area contributed by atoms with Gasteiger partial charge in [-0.05, 0) is 19.3 Å². The molecule has 2 unspecified atom stereocenters. The van der Waals surface area contributed by atoms with Crippen molar-refractivity contribution in [2.45, 2.75) is 64.2 Å². The van der Waals surface area contributed by atoms with Crippen LogP contribution in [0.1, 0.15) is 75.9 Å². The quantitative estimate of drug-likeness (QED) is 0.756. The van der Waals surface area contributed by atoms with Crippen LogP contribution in [0.4, 0.5) is 0 Å². The highest BCUT2D eigenvalue weighted by atomic mass is 16.5. The lowest BCUT2D eigenvalue weighted by atomic mass is 9.99. The van der Waals surface area contributed by atoms with E-state index in [0.29, 0.717) is 18.2 Å². The lowest BCUT2D eigenvalue weighted by molar-refractivity contribution is -0.120. The maximum Gasteiger partial charge on any atom is 0.237 e. The molecule has 1 aliphatic rings. The van der Waals surface area contributed by atoms with E-state index in [9.17, 15) is 4.79 Å². The van der Waals surface area contributed by atoms with E-state index in [2.05, 4.69) is 24.0 Å². The molecule has 94 valence electrons. The van der Waals surface area contributed by atoms with Crippen molar-refractivity contribution in [1.29, 1.82) is 0 Å². The van der Waals surface area contributed by atoms with Gasteiger partial charge in [-0.25, -0.2) is 0 Å². The average Bonchev–Trinajstić information content (AvgIpc) is 2.72. The molecule has 0 spiro atoms. The molecule has 4 nitrogen and oxygen atoms in total. The molecule has 0 radical (unpaired) electrons. The van der Waals surface area contributed by atoms with Crippen molar-refractivity contribution in [2.24, 2.45) is 0 Å². The lowest BCUT2D eigenvalue weighted by Gasteiger charge is -2.06. The number of Topliss-reactive ketones (excluding diaryl/α,β-unsaturated/α-hetero) is 1. The molecule has 0 aliphatic heterocycles. The summed E-state index contributed by atoms with van der Waals surface area (Å²) in [6, 6.07) is 0. The third-order valence-electron chi connectivity index (χ3n) is 3.61. The normalized spacial score (nSPS) is 23.4. The van der Waals surface area contributed by atoms with Crippen molar-refractivity contribution in [3.63, 3.8) is 0 Å². The number of carbonyl (C=O) groups is 1. The van der Waals surface area contributed by atoms with Crippen LogP contribution in [0.3, 0.4) is 0 Å². The van der Waals surface area contributed by atoms with Gasteiger partial charge in [-0.2, -0.15) is 4.98 Å². The summed E-state index contributed by atoms with van der Waals surface area (Å²) in [5.41, 5.74) is 0. The smallest absolute Gasteiger partial charge is 0.237 e. The van der Waals surface area contributed by atoms with E-state index in [4.69, 9.17) is 4.52 Å². The third-order valence-corrected chi connectivity index (χ3v) is 3.61. The third kappa shape index (κ3) is 2.73. The molecule has 1 aromatic heterocycles. The van der Waals surface area contributed by atoms with Gasteiger partial charge in [0, 0.05) is 12.3 Å². The molecular formula is C13H20N2O2. The molecule has 0 N–H and O–H groups in total. The first-order chi connectivity index (χ1) is 8.22. The van der Waals surface area contributed by atoms with Crippen LogP contribution in [0, 0.1) is 0 Å². The molecule has 4 heteroatoms. The molecule has 1 aliphatic carbocycles. The highest BCUT2D eigenvalue weighted by Crippen LogP contribution is 2.29. The van der Waals surface area contributed by atoms with Crippen LogP contribution < -0.4 is 0 Å². The Hall–Kier alpha value is -1.19. The minimum atomic E-state index is -0.150. The molecule has 1 fully saturated rings. The van der Waals surface area contributed by atoms with Gasteiger partial charge in [-0.15, -0.1) is 0 Å². The van der Waals surface area contributed by atoms with Gasteiger partial charge in [0.1, 0.15) is 5.78 Å². The predicted molar refractivity (Wildman–Crippen MR) is 63.8 cm³/mol. The Kier molecular flexibility index (Phi) is 3.92. The summed E-state index contributed by atoms with van der Waals surface area (Å²) in [7, 11) is 0. The average molecular weight is 236 g/mol. The molecule has 2 rings (SSSR count). The summed E-state index contributed by atoms with van der Waals surface area (Å²) in [5.74, 6) is 1.68. The van der Waals surface area contributed by atoms with Gasteiger partial charge in [0.25, 0.3) is 0 Å². The van der Waals surface area contributed by atoms with Gasteiger partial charge in [-0.3, -0.25) is 4.79 Å². The standard InChI is InChI=1S/C13H20N2O2/c1-3-9(2)12-14-13(17-15-12)10-7-5-4-6-8-11(10)16/h9-10H,3-8H2,1-2H3. The van der Waals surface area contributed by atoms with Gasteiger partial charge < -0.3 is 4.52 Å². The molecule has 0 bridgehead atoms. The van der Waals surface area contributed by atoms with E-state index < -0.39 is 0 Å². The molecule has 0 amide bonds. The molecule has 1 heterocycles. The number of ketones is 1. The fraction of sp³-hybridized carbons (Fsp3) is 0.769. The predicted octanol–water partition coefficient (Wildman–Crippen LogP) is 3.20. The van der Waals surface area contributed by atoms with Crippen LogP contribution >= 0.6 is 0 Å². The Bertz CT molecular complexity index is 387. The summed E-state index contributed by atoms with van der Waals surface area (Å²) in [4.78, 5) is 16.3.